The molecule has 19 heavy (non-hydrogen) atoms. The summed E-state index contributed by atoms with van der Waals surface area (Å²) in [5.74, 6) is 2.97. The molecule has 1 aromatic rings. The van der Waals surface area contributed by atoms with E-state index in [2.05, 4.69) is 27.3 Å². The quantitative estimate of drug-likeness (QED) is 0.891. The van der Waals surface area contributed by atoms with E-state index in [-0.39, 0.29) is 0 Å². The smallest absolute Gasteiger partial charge is 0.226 e. The predicted molar refractivity (Wildman–Crippen MR) is 73.1 cm³/mol. The Kier molecular flexibility index (Phi) is 4.13. The SMILES string of the molecule is CCN1CCC(Cc2nc(C3CCNCC3)no2)C1. The van der Waals surface area contributed by atoms with Gasteiger partial charge in [-0.2, -0.15) is 4.98 Å². The van der Waals surface area contributed by atoms with Gasteiger partial charge >= 0.3 is 0 Å². The molecule has 106 valence electrons. The van der Waals surface area contributed by atoms with Crippen LogP contribution >= 0.6 is 0 Å². The van der Waals surface area contributed by atoms with Crippen molar-refractivity contribution in [2.45, 2.75) is 38.5 Å². The van der Waals surface area contributed by atoms with E-state index in [1.165, 1.54) is 19.5 Å². The lowest BCUT2D eigenvalue weighted by Crippen LogP contribution is -2.27. The summed E-state index contributed by atoms with van der Waals surface area (Å²) < 4.78 is 5.45. The molecular formula is C14H24N4O. The molecule has 1 unspecified atom stereocenters. The van der Waals surface area contributed by atoms with Gasteiger partial charge in [-0.15, -0.1) is 0 Å². The minimum absolute atomic E-state index is 0.495. The third-order valence-corrected chi connectivity index (χ3v) is 4.47. The van der Waals surface area contributed by atoms with E-state index in [9.17, 15) is 0 Å². The molecule has 0 spiro atoms. The predicted octanol–water partition coefficient (Wildman–Crippen LogP) is 1.42. The fourth-order valence-electron chi connectivity index (χ4n) is 3.21. The van der Waals surface area contributed by atoms with Crippen LogP contribution < -0.4 is 5.32 Å². The van der Waals surface area contributed by atoms with Gasteiger partial charge in [-0.05, 0) is 51.4 Å². The molecule has 0 aromatic carbocycles. The summed E-state index contributed by atoms with van der Waals surface area (Å²) >= 11 is 0. The van der Waals surface area contributed by atoms with Crippen molar-refractivity contribution in [2.24, 2.45) is 5.92 Å². The van der Waals surface area contributed by atoms with Gasteiger partial charge in [-0.25, -0.2) is 0 Å². The zero-order valence-electron chi connectivity index (χ0n) is 11.8. The van der Waals surface area contributed by atoms with Crippen LogP contribution in [0, 0.1) is 5.92 Å². The van der Waals surface area contributed by atoms with E-state index in [4.69, 9.17) is 4.52 Å². The molecule has 1 N–H and O–H groups in total. The van der Waals surface area contributed by atoms with Gasteiger partial charge in [0.15, 0.2) is 5.82 Å². The van der Waals surface area contributed by atoms with Crippen LogP contribution in [0.15, 0.2) is 4.52 Å². The molecule has 2 aliphatic heterocycles. The maximum absolute atomic E-state index is 5.45. The zero-order chi connectivity index (χ0) is 13.1. The second-order valence-electron chi connectivity index (χ2n) is 5.82. The summed E-state index contributed by atoms with van der Waals surface area (Å²) in [5.41, 5.74) is 0. The number of nitrogens with zero attached hydrogens (tertiary/aromatic N) is 3. The van der Waals surface area contributed by atoms with Gasteiger partial charge in [0, 0.05) is 18.9 Å². The van der Waals surface area contributed by atoms with Crippen molar-refractivity contribution >= 4 is 0 Å². The van der Waals surface area contributed by atoms with Crippen LogP contribution in [0.4, 0.5) is 0 Å². The minimum Gasteiger partial charge on any atom is -0.339 e. The fourth-order valence-corrected chi connectivity index (χ4v) is 3.21. The number of aromatic nitrogens is 2. The van der Waals surface area contributed by atoms with E-state index in [1.807, 2.05) is 0 Å². The molecule has 5 heteroatoms. The zero-order valence-corrected chi connectivity index (χ0v) is 11.8. The van der Waals surface area contributed by atoms with Crippen LogP contribution in [0.3, 0.4) is 0 Å². The van der Waals surface area contributed by atoms with E-state index < -0.39 is 0 Å². The van der Waals surface area contributed by atoms with Crippen molar-refractivity contribution in [1.82, 2.24) is 20.4 Å². The molecule has 1 atom stereocenters. The summed E-state index contributed by atoms with van der Waals surface area (Å²) in [6, 6.07) is 0. The first-order valence-electron chi connectivity index (χ1n) is 7.60. The first-order valence-corrected chi connectivity index (χ1v) is 7.60. The Bertz CT molecular complexity index is 400. The summed E-state index contributed by atoms with van der Waals surface area (Å²) in [6.45, 7) is 7.92. The van der Waals surface area contributed by atoms with Crippen LogP contribution in [-0.2, 0) is 6.42 Å². The Morgan fingerprint density at radius 3 is 2.89 bits per heavy atom. The third kappa shape index (κ3) is 3.15. The lowest BCUT2D eigenvalue weighted by atomic mass is 9.97. The van der Waals surface area contributed by atoms with Gasteiger partial charge < -0.3 is 14.7 Å². The van der Waals surface area contributed by atoms with Crippen LogP contribution in [0.25, 0.3) is 0 Å². The standard InChI is InChI=1S/C14H24N4O/c1-2-18-8-5-11(10-18)9-13-16-14(17-19-13)12-3-6-15-7-4-12/h11-12,15H,2-10H2,1H3. The average molecular weight is 264 g/mol. The average Bonchev–Trinajstić information content (AvgIpc) is 3.09. The molecule has 0 amide bonds. The van der Waals surface area contributed by atoms with Gasteiger partial charge in [-0.1, -0.05) is 12.1 Å². The molecule has 0 saturated carbocycles. The molecule has 3 heterocycles. The fraction of sp³-hybridized carbons (Fsp3) is 0.857. The lowest BCUT2D eigenvalue weighted by molar-refractivity contribution is 0.320. The second kappa shape index (κ2) is 6.01. The number of rotatable bonds is 4. The Labute approximate surface area is 114 Å². The number of nitrogens with one attached hydrogen (secondary N) is 1. The first-order chi connectivity index (χ1) is 9.35. The Morgan fingerprint density at radius 2 is 2.16 bits per heavy atom. The molecule has 5 nitrogen and oxygen atoms in total. The van der Waals surface area contributed by atoms with Crippen LogP contribution in [0.2, 0.25) is 0 Å². The largest absolute Gasteiger partial charge is 0.339 e. The van der Waals surface area contributed by atoms with Gasteiger partial charge in [0.05, 0.1) is 0 Å². The lowest BCUT2D eigenvalue weighted by Gasteiger charge is -2.19. The highest BCUT2D eigenvalue weighted by Crippen LogP contribution is 2.24. The maximum Gasteiger partial charge on any atom is 0.226 e. The van der Waals surface area contributed by atoms with Crippen molar-refractivity contribution in [3.05, 3.63) is 11.7 Å². The van der Waals surface area contributed by atoms with Crippen molar-refractivity contribution in [2.75, 3.05) is 32.7 Å². The third-order valence-electron chi connectivity index (χ3n) is 4.47. The normalized spacial score (nSPS) is 26.1. The molecule has 0 bridgehead atoms. The molecule has 0 radical (unpaired) electrons. The maximum atomic E-state index is 5.45. The van der Waals surface area contributed by atoms with Gasteiger partial charge in [-0.3, -0.25) is 0 Å². The molecular weight excluding hydrogens is 240 g/mol. The molecule has 2 saturated heterocycles. The Hall–Kier alpha value is -0.940. The van der Waals surface area contributed by atoms with E-state index >= 15 is 0 Å². The highest BCUT2D eigenvalue weighted by molar-refractivity contribution is 4.98. The van der Waals surface area contributed by atoms with E-state index in [0.29, 0.717) is 11.8 Å². The highest BCUT2D eigenvalue weighted by atomic mass is 16.5. The van der Waals surface area contributed by atoms with E-state index in [1.54, 1.807) is 0 Å². The second-order valence-corrected chi connectivity index (χ2v) is 5.82. The minimum atomic E-state index is 0.495. The number of likely N-dealkylation sites (tertiary alicyclic amines) is 1. The molecule has 3 rings (SSSR count). The van der Waals surface area contributed by atoms with Gasteiger partial charge in [0.25, 0.3) is 0 Å². The summed E-state index contributed by atoms with van der Waals surface area (Å²) in [7, 11) is 0. The number of hydrogen-bond acceptors (Lipinski definition) is 5. The van der Waals surface area contributed by atoms with Crippen molar-refractivity contribution < 1.29 is 4.52 Å². The molecule has 1 aromatic heterocycles. The highest BCUT2D eigenvalue weighted by Gasteiger charge is 2.25. The Morgan fingerprint density at radius 1 is 1.32 bits per heavy atom. The Balaban J connectivity index is 1.56. The van der Waals surface area contributed by atoms with Crippen molar-refractivity contribution in [3.8, 4) is 0 Å². The number of hydrogen-bond donors (Lipinski definition) is 1. The molecule has 2 aliphatic rings. The van der Waals surface area contributed by atoms with Crippen molar-refractivity contribution in [1.29, 1.82) is 0 Å². The first kappa shape index (κ1) is 13.1. The molecule has 2 fully saturated rings. The number of piperidine rings is 1. The monoisotopic (exact) mass is 264 g/mol. The summed E-state index contributed by atoms with van der Waals surface area (Å²) in [5, 5.41) is 7.56. The summed E-state index contributed by atoms with van der Waals surface area (Å²) in [6.07, 6.45) is 4.48. The van der Waals surface area contributed by atoms with E-state index in [0.717, 1.165) is 50.6 Å². The van der Waals surface area contributed by atoms with Crippen LogP contribution in [0.5, 0.6) is 0 Å². The summed E-state index contributed by atoms with van der Waals surface area (Å²) in [4.78, 5) is 7.12. The van der Waals surface area contributed by atoms with Crippen molar-refractivity contribution in [3.63, 3.8) is 0 Å². The van der Waals surface area contributed by atoms with Crippen LogP contribution in [0.1, 0.15) is 43.8 Å². The van der Waals surface area contributed by atoms with Gasteiger partial charge in [0.2, 0.25) is 5.89 Å². The topological polar surface area (TPSA) is 54.2 Å². The van der Waals surface area contributed by atoms with Crippen LogP contribution in [-0.4, -0.2) is 47.8 Å². The van der Waals surface area contributed by atoms with Gasteiger partial charge in [0.1, 0.15) is 0 Å². The molecule has 0 aliphatic carbocycles.